The summed E-state index contributed by atoms with van der Waals surface area (Å²) in [5, 5.41) is 2.61. The molecule has 0 bridgehead atoms. The Morgan fingerprint density at radius 3 is 2.40 bits per heavy atom. The quantitative estimate of drug-likeness (QED) is 0.778. The Balaban J connectivity index is 2.92. The zero-order chi connectivity index (χ0) is 15.3. The minimum absolute atomic E-state index is 0.0375. The van der Waals surface area contributed by atoms with Crippen LogP contribution in [0.25, 0.3) is 0 Å². The maximum absolute atomic E-state index is 12.3. The summed E-state index contributed by atoms with van der Waals surface area (Å²) >= 11 is 5.52. The van der Waals surface area contributed by atoms with Gasteiger partial charge in [-0.25, -0.2) is 18.4 Å². The van der Waals surface area contributed by atoms with E-state index in [1.165, 1.54) is 0 Å². The number of hydrogen-bond acceptors (Lipinski definition) is 5. The van der Waals surface area contributed by atoms with Crippen molar-refractivity contribution in [3.05, 3.63) is 17.7 Å². The lowest BCUT2D eigenvalue weighted by atomic mass is 10.4. The van der Waals surface area contributed by atoms with Crippen molar-refractivity contribution in [2.75, 3.05) is 13.1 Å². The van der Waals surface area contributed by atoms with Crippen LogP contribution in [0.15, 0.2) is 17.3 Å². The second-order valence-corrected chi connectivity index (χ2v) is 6.62. The highest BCUT2D eigenvalue weighted by Gasteiger charge is 2.26. The molecule has 1 aromatic heterocycles. The van der Waals surface area contributed by atoms with Crippen molar-refractivity contribution in [3.63, 3.8) is 0 Å². The molecule has 7 nitrogen and oxygen atoms in total. The first kappa shape index (κ1) is 16.8. The van der Waals surface area contributed by atoms with E-state index in [9.17, 15) is 13.2 Å². The Bertz CT molecular complexity index is 560. The second kappa shape index (κ2) is 6.96. The van der Waals surface area contributed by atoms with Crippen LogP contribution in [-0.2, 0) is 14.8 Å². The Kier molecular flexibility index (Phi) is 5.85. The van der Waals surface area contributed by atoms with Crippen molar-refractivity contribution in [1.82, 2.24) is 19.6 Å². The first-order valence-electron chi connectivity index (χ1n) is 6.04. The lowest BCUT2D eigenvalue weighted by Gasteiger charge is -2.20. The van der Waals surface area contributed by atoms with Gasteiger partial charge in [-0.3, -0.25) is 4.79 Å². The zero-order valence-corrected chi connectivity index (χ0v) is 13.1. The topological polar surface area (TPSA) is 92.3 Å². The van der Waals surface area contributed by atoms with E-state index >= 15 is 0 Å². The van der Waals surface area contributed by atoms with Gasteiger partial charge in [-0.05, 0) is 25.4 Å². The lowest BCUT2D eigenvalue weighted by molar-refractivity contribution is -0.121. The fraction of sp³-hybridized carbons (Fsp3) is 0.545. The van der Waals surface area contributed by atoms with E-state index in [1.54, 1.807) is 20.8 Å². The molecule has 112 valence electrons. The van der Waals surface area contributed by atoms with E-state index in [2.05, 4.69) is 15.3 Å². The largest absolute Gasteiger partial charge is 0.353 e. The molecule has 0 unspecified atom stereocenters. The molecule has 0 radical (unpaired) electrons. The normalized spacial score (nSPS) is 11.9. The molecule has 0 saturated carbocycles. The van der Waals surface area contributed by atoms with Gasteiger partial charge in [0.1, 0.15) is 4.90 Å². The van der Waals surface area contributed by atoms with Crippen LogP contribution in [0.3, 0.4) is 0 Å². The molecule has 1 aromatic rings. The summed E-state index contributed by atoms with van der Waals surface area (Å²) in [6.45, 7) is 5.17. The highest BCUT2D eigenvalue weighted by molar-refractivity contribution is 7.89. The third-order valence-corrected chi connectivity index (χ3v) is 4.43. The monoisotopic (exact) mass is 320 g/mol. The number of amides is 1. The number of carbonyl (C=O) groups excluding carboxylic acids is 1. The predicted molar refractivity (Wildman–Crippen MR) is 74.8 cm³/mol. The second-order valence-electron chi connectivity index (χ2n) is 4.34. The van der Waals surface area contributed by atoms with Crippen molar-refractivity contribution in [1.29, 1.82) is 0 Å². The number of hydrogen-bond donors (Lipinski definition) is 1. The molecule has 1 rings (SSSR count). The Labute approximate surface area is 123 Å². The first-order chi connectivity index (χ1) is 9.27. The van der Waals surface area contributed by atoms with Crippen LogP contribution in [-0.4, -0.2) is 47.7 Å². The Morgan fingerprint density at radius 2 is 1.95 bits per heavy atom. The predicted octanol–water partition coefficient (Wildman–Crippen LogP) is 0.665. The smallest absolute Gasteiger partial charge is 0.246 e. The van der Waals surface area contributed by atoms with Crippen LogP contribution < -0.4 is 5.32 Å². The number of rotatable bonds is 6. The number of nitrogens with zero attached hydrogens (tertiary/aromatic N) is 3. The van der Waals surface area contributed by atoms with E-state index in [0.717, 1.165) is 16.7 Å². The van der Waals surface area contributed by atoms with E-state index in [4.69, 9.17) is 11.6 Å². The number of likely N-dealkylation sites (N-methyl/N-ethyl adjacent to an activating group) is 1. The number of aromatic nitrogens is 2. The summed E-state index contributed by atoms with van der Waals surface area (Å²) in [7, 11) is -3.81. The van der Waals surface area contributed by atoms with Crippen molar-refractivity contribution in [3.8, 4) is 0 Å². The zero-order valence-electron chi connectivity index (χ0n) is 11.5. The first-order valence-corrected chi connectivity index (χ1v) is 7.86. The minimum atomic E-state index is -3.81. The van der Waals surface area contributed by atoms with E-state index < -0.39 is 10.0 Å². The summed E-state index contributed by atoms with van der Waals surface area (Å²) in [5.74, 6) is -0.361. The molecule has 0 spiro atoms. The molecule has 0 atom stereocenters. The summed E-state index contributed by atoms with van der Waals surface area (Å²) in [6, 6.07) is -0.0530. The molecule has 0 saturated heterocycles. The molecular formula is C11H17ClN4O3S. The highest BCUT2D eigenvalue weighted by atomic mass is 35.5. The fourth-order valence-corrected chi connectivity index (χ4v) is 2.87. The molecule has 0 fully saturated rings. The standard InChI is InChI=1S/C11H17ClN4O3S/c1-4-16(7-10(17)15-8(2)3)20(18,19)9-5-13-11(12)14-6-9/h5-6,8H,4,7H2,1-3H3,(H,15,17). The van der Waals surface area contributed by atoms with Crippen molar-refractivity contribution < 1.29 is 13.2 Å². The molecule has 1 amide bonds. The molecule has 20 heavy (non-hydrogen) atoms. The third-order valence-electron chi connectivity index (χ3n) is 2.36. The summed E-state index contributed by atoms with van der Waals surface area (Å²) in [4.78, 5) is 18.9. The number of sulfonamides is 1. The summed E-state index contributed by atoms with van der Waals surface area (Å²) in [5.41, 5.74) is 0. The Morgan fingerprint density at radius 1 is 1.40 bits per heavy atom. The van der Waals surface area contributed by atoms with Crippen LogP contribution in [0.5, 0.6) is 0 Å². The average Bonchev–Trinajstić information content (AvgIpc) is 2.35. The van der Waals surface area contributed by atoms with Gasteiger partial charge in [-0.1, -0.05) is 6.92 Å². The maximum Gasteiger partial charge on any atom is 0.246 e. The van der Waals surface area contributed by atoms with Gasteiger partial charge in [0.05, 0.1) is 18.9 Å². The van der Waals surface area contributed by atoms with Crippen LogP contribution >= 0.6 is 11.6 Å². The molecular weight excluding hydrogens is 304 g/mol. The van der Waals surface area contributed by atoms with Gasteiger partial charge in [0.15, 0.2) is 0 Å². The van der Waals surface area contributed by atoms with Crippen LogP contribution in [0.2, 0.25) is 5.28 Å². The van der Waals surface area contributed by atoms with Crippen molar-refractivity contribution in [2.45, 2.75) is 31.7 Å². The number of halogens is 1. The van der Waals surface area contributed by atoms with Crippen molar-refractivity contribution in [2.24, 2.45) is 0 Å². The van der Waals surface area contributed by atoms with Gasteiger partial charge in [-0.15, -0.1) is 0 Å². The SMILES string of the molecule is CCN(CC(=O)NC(C)C)S(=O)(=O)c1cnc(Cl)nc1. The van der Waals surface area contributed by atoms with Crippen LogP contribution in [0.4, 0.5) is 0 Å². The van der Waals surface area contributed by atoms with Gasteiger partial charge in [-0.2, -0.15) is 4.31 Å². The number of carbonyl (C=O) groups is 1. The fourth-order valence-electron chi connectivity index (χ4n) is 1.48. The minimum Gasteiger partial charge on any atom is -0.353 e. The van der Waals surface area contributed by atoms with Gasteiger partial charge in [0.25, 0.3) is 0 Å². The molecule has 0 aliphatic rings. The van der Waals surface area contributed by atoms with Crippen LogP contribution in [0.1, 0.15) is 20.8 Å². The highest BCUT2D eigenvalue weighted by Crippen LogP contribution is 2.14. The van der Waals surface area contributed by atoms with Gasteiger partial charge >= 0.3 is 0 Å². The molecule has 9 heteroatoms. The Hall–Kier alpha value is -1.25. The van der Waals surface area contributed by atoms with Crippen molar-refractivity contribution >= 4 is 27.5 Å². The third kappa shape index (κ3) is 4.39. The van der Waals surface area contributed by atoms with E-state index in [1.807, 2.05) is 0 Å². The van der Waals surface area contributed by atoms with Gasteiger partial charge < -0.3 is 5.32 Å². The van der Waals surface area contributed by atoms with E-state index in [0.29, 0.717) is 0 Å². The number of nitrogens with one attached hydrogen (secondary N) is 1. The average molecular weight is 321 g/mol. The summed E-state index contributed by atoms with van der Waals surface area (Å²) in [6.07, 6.45) is 2.24. The maximum atomic E-state index is 12.3. The molecule has 0 aliphatic heterocycles. The molecule has 0 aliphatic carbocycles. The van der Waals surface area contributed by atoms with Gasteiger partial charge in [0, 0.05) is 12.6 Å². The lowest BCUT2D eigenvalue weighted by Crippen LogP contribution is -2.42. The molecule has 1 heterocycles. The molecule has 0 aromatic carbocycles. The van der Waals surface area contributed by atoms with E-state index in [-0.39, 0.29) is 35.2 Å². The molecule has 1 N–H and O–H groups in total. The van der Waals surface area contributed by atoms with Gasteiger partial charge in [0.2, 0.25) is 21.2 Å². The van der Waals surface area contributed by atoms with Crippen LogP contribution in [0, 0.1) is 0 Å². The summed E-state index contributed by atoms with van der Waals surface area (Å²) < 4.78 is 25.7.